The smallest absolute Gasteiger partial charge is 0.173 e. The number of aliphatic hydroxyl groups excluding tert-OH is 3. The molecule has 6 nitrogen and oxygen atoms in total. The molecule has 0 radical (unpaired) electrons. The van der Waals surface area contributed by atoms with Crippen molar-refractivity contribution < 1.29 is 20.1 Å². The first kappa shape index (κ1) is 16.7. The van der Waals surface area contributed by atoms with E-state index in [-0.39, 0.29) is 5.75 Å². The molecule has 1 aliphatic heterocycles. The van der Waals surface area contributed by atoms with E-state index >= 15 is 0 Å². The van der Waals surface area contributed by atoms with Gasteiger partial charge < -0.3 is 20.1 Å². The topological polar surface area (TPSA) is 107 Å². The average Bonchev–Trinajstić information content (AvgIpc) is 2.62. The second-order valence-electron chi connectivity index (χ2n) is 5.43. The Morgan fingerprint density at radius 2 is 1.96 bits per heavy atom. The van der Waals surface area contributed by atoms with Crippen LogP contribution in [0.1, 0.15) is 5.56 Å². The first-order valence-corrected chi connectivity index (χ1v) is 8.42. The molecule has 124 valence electrons. The molecule has 1 saturated heterocycles. The summed E-state index contributed by atoms with van der Waals surface area (Å²) in [6.45, 7) is 0. The minimum absolute atomic E-state index is 0.271. The van der Waals surface area contributed by atoms with Crippen LogP contribution in [0, 0.1) is 11.3 Å². The average molecular weight is 344 g/mol. The third kappa shape index (κ3) is 3.37. The predicted octanol–water partition coefficient (Wildman–Crippen LogP) is 1.15. The molecule has 3 rings (SSSR count). The van der Waals surface area contributed by atoms with Crippen LogP contribution in [0.15, 0.2) is 42.7 Å². The standard InChI is InChI=1S/C17H16N2O4S/c18-6-10-3-1-2-4-13(10)11-5-12(8-19-7-11)23-17-16(22)15(21)14(20)9-24-17/h1-5,7-8,14-17,20-22H,9H2/t14-,15+,16-,17+/m1/s1. The Morgan fingerprint density at radius 3 is 2.75 bits per heavy atom. The van der Waals surface area contributed by atoms with Crippen LogP contribution in [-0.2, 0) is 0 Å². The molecular weight excluding hydrogens is 328 g/mol. The first-order chi connectivity index (χ1) is 11.6. The SMILES string of the molecule is N#Cc1ccccc1-c1cncc(O[C@H]2SC[C@@H](O)[C@H](O)[C@H]2O)c1. The van der Waals surface area contributed by atoms with Crippen LogP contribution in [0.2, 0.25) is 0 Å². The van der Waals surface area contributed by atoms with Crippen molar-refractivity contribution in [1.29, 1.82) is 5.26 Å². The Hall–Kier alpha value is -2.11. The van der Waals surface area contributed by atoms with Gasteiger partial charge in [0.05, 0.1) is 23.9 Å². The number of aromatic nitrogens is 1. The molecule has 0 bridgehead atoms. The van der Waals surface area contributed by atoms with Crippen LogP contribution < -0.4 is 4.74 Å². The molecule has 0 unspecified atom stereocenters. The molecule has 3 N–H and O–H groups in total. The van der Waals surface area contributed by atoms with Crippen molar-refractivity contribution in [2.75, 3.05) is 5.75 Å². The van der Waals surface area contributed by atoms with Crippen molar-refractivity contribution in [2.45, 2.75) is 23.7 Å². The summed E-state index contributed by atoms with van der Waals surface area (Å²) >= 11 is 1.22. The van der Waals surface area contributed by atoms with Gasteiger partial charge in [0.1, 0.15) is 18.0 Å². The van der Waals surface area contributed by atoms with Crippen molar-refractivity contribution in [2.24, 2.45) is 0 Å². The van der Waals surface area contributed by atoms with E-state index in [1.54, 1.807) is 24.4 Å². The molecule has 0 amide bonds. The van der Waals surface area contributed by atoms with Crippen molar-refractivity contribution in [3.8, 4) is 22.9 Å². The maximum absolute atomic E-state index is 10.0. The summed E-state index contributed by atoms with van der Waals surface area (Å²) < 4.78 is 5.72. The van der Waals surface area contributed by atoms with Gasteiger partial charge >= 0.3 is 0 Å². The maximum Gasteiger partial charge on any atom is 0.173 e. The number of ether oxygens (including phenoxy) is 1. The third-order valence-electron chi connectivity index (χ3n) is 3.78. The van der Waals surface area contributed by atoms with Crippen LogP contribution in [0.3, 0.4) is 0 Å². The summed E-state index contributed by atoms with van der Waals surface area (Å²) in [7, 11) is 0. The lowest BCUT2D eigenvalue weighted by atomic mass is 10.0. The summed E-state index contributed by atoms with van der Waals surface area (Å²) in [6, 6.07) is 11.0. The van der Waals surface area contributed by atoms with Crippen molar-refractivity contribution in [3.63, 3.8) is 0 Å². The summed E-state index contributed by atoms with van der Waals surface area (Å²) in [5.41, 5.74) is 1.29. The number of pyridine rings is 1. The van der Waals surface area contributed by atoms with E-state index in [0.717, 1.165) is 11.1 Å². The van der Waals surface area contributed by atoms with Gasteiger partial charge in [0.25, 0.3) is 0 Å². The third-order valence-corrected chi connectivity index (χ3v) is 5.02. The normalized spacial score (nSPS) is 26.6. The lowest BCUT2D eigenvalue weighted by molar-refractivity contribution is -0.0786. The van der Waals surface area contributed by atoms with Gasteiger partial charge in [-0.1, -0.05) is 18.2 Å². The highest BCUT2D eigenvalue weighted by atomic mass is 32.2. The largest absolute Gasteiger partial charge is 0.475 e. The number of aliphatic hydroxyl groups is 3. The summed E-state index contributed by atoms with van der Waals surface area (Å²) in [4.78, 5) is 4.12. The van der Waals surface area contributed by atoms with E-state index in [1.165, 1.54) is 18.0 Å². The molecule has 1 aliphatic rings. The minimum Gasteiger partial charge on any atom is -0.475 e. The Morgan fingerprint density at radius 1 is 1.17 bits per heavy atom. The second-order valence-corrected chi connectivity index (χ2v) is 6.57. The van der Waals surface area contributed by atoms with Gasteiger partial charge in [0, 0.05) is 23.1 Å². The number of nitriles is 1. The molecule has 1 fully saturated rings. The fourth-order valence-corrected chi connectivity index (χ4v) is 3.60. The molecule has 24 heavy (non-hydrogen) atoms. The van der Waals surface area contributed by atoms with E-state index in [1.807, 2.05) is 12.1 Å². The number of thioether (sulfide) groups is 1. The van der Waals surface area contributed by atoms with Crippen LogP contribution in [0.25, 0.3) is 11.1 Å². The molecule has 0 saturated carbocycles. The van der Waals surface area contributed by atoms with Gasteiger partial charge in [-0.05, 0) is 12.1 Å². The second kappa shape index (κ2) is 7.20. The number of hydrogen-bond acceptors (Lipinski definition) is 7. The van der Waals surface area contributed by atoms with Crippen molar-refractivity contribution in [1.82, 2.24) is 4.98 Å². The van der Waals surface area contributed by atoms with Crippen LogP contribution in [0.5, 0.6) is 5.75 Å². The zero-order valence-electron chi connectivity index (χ0n) is 12.6. The highest BCUT2D eigenvalue weighted by molar-refractivity contribution is 7.99. The van der Waals surface area contributed by atoms with Crippen molar-refractivity contribution >= 4 is 11.8 Å². The zero-order chi connectivity index (χ0) is 17.1. The highest BCUT2D eigenvalue weighted by Gasteiger charge is 2.38. The van der Waals surface area contributed by atoms with Gasteiger partial charge in [-0.3, -0.25) is 4.98 Å². The zero-order valence-corrected chi connectivity index (χ0v) is 13.4. The molecule has 7 heteroatoms. The number of rotatable bonds is 3. The highest BCUT2D eigenvalue weighted by Crippen LogP contribution is 2.31. The molecular formula is C17H16N2O4S. The lowest BCUT2D eigenvalue weighted by Gasteiger charge is -2.34. The molecule has 4 atom stereocenters. The molecule has 1 aromatic carbocycles. The fraction of sp³-hybridized carbons (Fsp3) is 0.294. The predicted molar refractivity (Wildman–Crippen MR) is 89.3 cm³/mol. The van der Waals surface area contributed by atoms with Gasteiger partial charge in [-0.15, -0.1) is 11.8 Å². The molecule has 0 aliphatic carbocycles. The van der Waals surface area contributed by atoms with E-state index in [9.17, 15) is 20.6 Å². The van der Waals surface area contributed by atoms with Crippen LogP contribution in [-0.4, -0.2) is 49.8 Å². The van der Waals surface area contributed by atoms with E-state index < -0.39 is 23.7 Å². The Balaban J connectivity index is 1.83. The Labute approximate surface area is 143 Å². The van der Waals surface area contributed by atoms with Crippen molar-refractivity contribution in [3.05, 3.63) is 48.3 Å². The number of hydrogen-bond donors (Lipinski definition) is 3. The van der Waals surface area contributed by atoms with Gasteiger partial charge in [0.2, 0.25) is 0 Å². The quantitative estimate of drug-likeness (QED) is 0.767. The summed E-state index contributed by atoms with van der Waals surface area (Å²) in [5.74, 6) is 0.688. The maximum atomic E-state index is 10.0. The summed E-state index contributed by atoms with van der Waals surface area (Å²) in [6.07, 6.45) is -0.285. The first-order valence-electron chi connectivity index (χ1n) is 7.37. The van der Waals surface area contributed by atoms with Crippen LogP contribution in [0.4, 0.5) is 0 Å². The number of benzene rings is 1. The minimum atomic E-state index is -1.24. The molecule has 1 aromatic heterocycles. The Bertz CT molecular complexity index is 764. The van der Waals surface area contributed by atoms with E-state index in [2.05, 4.69) is 11.1 Å². The lowest BCUT2D eigenvalue weighted by Crippen LogP contribution is -2.50. The van der Waals surface area contributed by atoms with Crippen LogP contribution >= 0.6 is 11.8 Å². The molecule has 2 aromatic rings. The number of nitrogens with zero attached hydrogens (tertiary/aromatic N) is 2. The van der Waals surface area contributed by atoms with Gasteiger partial charge in [-0.2, -0.15) is 5.26 Å². The molecule has 2 heterocycles. The van der Waals surface area contributed by atoms with Gasteiger partial charge in [0.15, 0.2) is 5.44 Å². The van der Waals surface area contributed by atoms with Gasteiger partial charge in [-0.25, -0.2) is 0 Å². The monoisotopic (exact) mass is 344 g/mol. The van der Waals surface area contributed by atoms with E-state index in [0.29, 0.717) is 11.3 Å². The summed E-state index contributed by atoms with van der Waals surface area (Å²) in [5, 5.41) is 38.5. The Kier molecular flexibility index (Phi) is 5.02. The van der Waals surface area contributed by atoms with E-state index in [4.69, 9.17) is 4.74 Å². The fourth-order valence-electron chi connectivity index (χ4n) is 2.48. The molecule has 0 spiro atoms.